The van der Waals surface area contributed by atoms with Gasteiger partial charge in [-0.2, -0.15) is 0 Å². The Morgan fingerprint density at radius 1 is 1.00 bits per heavy atom. The number of hydrogen-bond donors (Lipinski definition) is 1. The van der Waals surface area contributed by atoms with E-state index < -0.39 is 0 Å². The van der Waals surface area contributed by atoms with Gasteiger partial charge in [-0.05, 0) is 37.5 Å². The van der Waals surface area contributed by atoms with Gasteiger partial charge in [-0.25, -0.2) is 0 Å². The number of anilines is 1. The van der Waals surface area contributed by atoms with Crippen molar-refractivity contribution < 1.29 is 9.21 Å². The van der Waals surface area contributed by atoms with Gasteiger partial charge in [-0.3, -0.25) is 4.79 Å². The summed E-state index contributed by atoms with van der Waals surface area (Å²) in [6.07, 6.45) is 4.22. The van der Waals surface area contributed by atoms with E-state index in [1.54, 1.807) is 24.3 Å². The summed E-state index contributed by atoms with van der Waals surface area (Å²) in [5, 5.41) is 4.64. The van der Waals surface area contributed by atoms with Gasteiger partial charge >= 0.3 is 0 Å². The lowest BCUT2D eigenvalue weighted by molar-refractivity contribution is 0.102. The van der Waals surface area contributed by atoms with E-state index in [4.69, 9.17) is 27.6 Å². The smallest absolute Gasteiger partial charge is 0.259 e. The van der Waals surface area contributed by atoms with Gasteiger partial charge in [0, 0.05) is 17.4 Å². The highest BCUT2D eigenvalue weighted by Crippen LogP contribution is 2.35. The number of carbonyl (C=O) groups is 1. The molecule has 1 amide bonds. The van der Waals surface area contributed by atoms with Crippen LogP contribution < -0.4 is 5.32 Å². The molecular weight excluding hydrogens is 345 g/mol. The Hall–Kier alpha value is -1.97. The van der Waals surface area contributed by atoms with Crippen molar-refractivity contribution in [2.75, 3.05) is 5.32 Å². The molecule has 1 aliphatic carbocycles. The van der Waals surface area contributed by atoms with Gasteiger partial charge in [0.2, 0.25) is 0 Å². The lowest BCUT2D eigenvalue weighted by Crippen LogP contribution is -2.12. The fourth-order valence-electron chi connectivity index (χ4n) is 3.26. The fraction of sp³-hybridized carbons (Fsp3) is 0.211. The van der Waals surface area contributed by atoms with Crippen LogP contribution in [0.4, 0.5) is 5.69 Å². The first-order valence-electron chi connectivity index (χ1n) is 7.94. The van der Waals surface area contributed by atoms with Crippen LogP contribution in [0.3, 0.4) is 0 Å². The number of furan rings is 1. The predicted molar refractivity (Wildman–Crippen MR) is 97.3 cm³/mol. The Kier molecular flexibility index (Phi) is 3.99. The van der Waals surface area contributed by atoms with E-state index in [-0.39, 0.29) is 5.91 Å². The second-order valence-corrected chi connectivity index (χ2v) is 6.76. The number of carbonyl (C=O) groups excluding carboxylic acids is 1. The average Bonchev–Trinajstić information content (AvgIpc) is 2.97. The van der Waals surface area contributed by atoms with Gasteiger partial charge in [-0.15, -0.1) is 0 Å². The Balaban J connectivity index is 1.76. The van der Waals surface area contributed by atoms with E-state index >= 15 is 0 Å². The number of nitrogens with one attached hydrogen (secondary N) is 1. The number of rotatable bonds is 2. The third-order valence-electron chi connectivity index (χ3n) is 4.43. The molecule has 0 bridgehead atoms. The van der Waals surface area contributed by atoms with Gasteiger partial charge in [0.1, 0.15) is 11.3 Å². The Morgan fingerprint density at radius 3 is 2.50 bits per heavy atom. The van der Waals surface area contributed by atoms with E-state index in [1.165, 1.54) is 5.56 Å². The number of amides is 1. The number of benzene rings is 2. The van der Waals surface area contributed by atoms with Crippen LogP contribution >= 0.6 is 23.2 Å². The number of para-hydroxylation sites is 2. The summed E-state index contributed by atoms with van der Waals surface area (Å²) in [6, 6.07) is 10.8. The van der Waals surface area contributed by atoms with Crippen LogP contribution in [0.25, 0.3) is 11.0 Å². The molecular formula is C19H15Cl2NO2. The first-order chi connectivity index (χ1) is 11.6. The van der Waals surface area contributed by atoms with Crippen molar-refractivity contribution in [2.45, 2.75) is 25.7 Å². The third-order valence-corrected chi connectivity index (χ3v) is 5.06. The molecule has 3 nitrogen and oxygen atoms in total. The largest absolute Gasteiger partial charge is 0.460 e. The molecule has 1 aliphatic rings. The molecule has 1 N–H and O–H groups in total. The van der Waals surface area contributed by atoms with Crippen molar-refractivity contribution in [3.63, 3.8) is 0 Å². The predicted octanol–water partition coefficient (Wildman–Crippen LogP) is 5.87. The Morgan fingerprint density at radius 2 is 1.71 bits per heavy atom. The van der Waals surface area contributed by atoms with Crippen LogP contribution in [0, 0.1) is 0 Å². The van der Waals surface area contributed by atoms with Crippen LogP contribution in [0.2, 0.25) is 10.0 Å². The van der Waals surface area contributed by atoms with Crippen molar-refractivity contribution in [1.29, 1.82) is 0 Å². The fourth-order valence-corrected chi connectivity index (χ4v) is 3.75. The van der Waals surface area contributed by atoms with Gasteiger partial charge < -0.3 is 9.73 Å². The topological polar surface area (TPSA) is 42.2 Å². The summed E-state index contributed by atoms with van der Waals surface area (Å²) < 4.78 is 6.01. The summed E-state index contributed by atoms with van der Waals surface area (Å²) in [5.41, 5.74) is 2.80. The molecule has 0 aliphatic heterocycles. The first-order valence-corrected chi connectivity index (χ1v) is 8.69. The third kappa shape index (κ3) is 2.58. The van der Waals surface area contributed by atoms with Crippen LogP contribution in [0.5, 0.6) is 0 Å². The SMILES string of the molecule is O=C(Nc1c(Cl)cccc1Cl)c1cccc2c3c(oc12)CCCC3. The van der Waals surface area contributed by atoms with Gasteiger partial charge in [0.15, 0.2) is 0 Å². The van der Waals surface area contributed by atoms with Crippen molar-refractivity contribution in [1.82, 2.24) is 0 Å². The molecule has 1 aromatic heterocycles. The molecule has 0 unspecified atom stereocenters. The van der Waals surface area contributed by atoms with E-state index in [2.05, 4.69) is 5.32 Å². The zero-order valence-corrected chi connectivity index (χ0v) is 14.4. The molecule has 1 heterocycles. The van der Waals surface area contributed by atoms with Crippen LogP contribution in [0.1, 0.15) is 34.5 Å². The minimum Gasteiger partial charge on any atom is -0.460 e. The lowest BCUT2D eigenvalue weighted by Gasteiger charge is -2.09. The number of fused-ring (bicyclic) bond motifs is 3. The zero-order valence-electron chi connectivity index (χ0n) is 12.9. The Labute approximate surface area is 149 Å². The van der Waals surface area contributed by atoms with Crippen molar-refractivity contribution >= 4 is 45.8 Å². The minimum absolute atomic E-state index is 0.276. The molecule has 4 rings (SSSR count). The van der Waals surface area contributed by atoms with E-state index in [0.29, 0.717) is 26.9 Å². The van der Waals surface area contributed by atoms with Crippen molar-refractivity contribution in [2.24, 2.45) is 0 Å². The lowest BCUT2D eigenvalue weighted by atomic mass is 9.95. The van der Waals surface area contributed by atoms with E-state index in [1.807, 2.05) is 12.1 Å². The summed E-state index contributed by atoms with van der Waals surface area (Å²) in [7, 11) is 0. The van der Waals surface area contributed by atoms with Gasteiger partial charge in [-0.1, -0.05) is 41.4 Å². The highest BCUT2D eigenvalue weighted by molar-refractivity contribution is 6.40. The quantitative estimate of drug-likeness (QED) is 0.621. The van der Waals surface area contributed by atoms with Crippen LogP contribution in [-0.4, -0.2) is 5.91 Å². The molecule has 0 radical (unpaired) electrons. The maximum absolute atomic E-state index is 12.8. The van der Waals surface area contributed by atoms with Crippen LogP contribution in [-0.2, 0) is 12.8 Å². The normalized spacial score (nSPS) is 13.8. The number of halogens is 2. The summed E-state index contributed by atoms with van der Waals surface area (Å²) >= 11 is 12.3. The van der Waals surface area contributed by atoms with Crippen molar-refractivity contribution in [3.05, 3.63) is 63.3 Å². The average molecular weight is 360 g/mol. The number of hydrogen-bond acceptors (Lipinski definition) is 2. The molecule has 24 heavy (non-hydrogen) atoms. The second kappa shape index (κ2) is 6.15. The van der Waals surface area contributed by atoms with Crippen molar-refractivity contribution in [3.8, 4) is 0 Å². The maximum atomic E-state index is 12.8. The number of aryl methyl sites for hydroxylation is 2. The molecule has 0 saturated heterocycles. The Bertz CT molecular complexity index is 926. The molecule has 0 spiro atoms. The summed E-state index contributed by atoms with van der Waals surface area (Å²) in [6.45, 7) is 0. The highest BCUT2D eigenvalue weighted by atomic mass is 35.5. The highest BCUT2D eigenvalue weighted by Gasteiger charge is 2.22. The molecule has 3 aromatic rings. The van der Waals surface area contributed by atoms with Gasteiger partial charge in [0.05, 0.1) is 21.3 Å². The van der Waals surface area contributed by atoms with Crippen LogP contribution in [0.15, 0.2) is 40.8 Å². The molecule has 0 saturated carbocycles. The van der Waals surface area contributed by atoms with E-state index in [9.17, 15) is 4.79 Å². The molecule has 0 fully saturated rings. The summed E-state index contributed by atoms with van der Waals surface area (Å²) in [4.78, 5) is 12.8. The maximum Gasteiger partial charge on any atom is 0.259 e. The molecule has 0 atom stereocenters. The second-order valence-electron chi connectivity index (χ2n) is 5.94. The molecule has 5 heteroatoms. The zero-order chi connectivity index (χ0) is 16.7. The first kappa shape index (κ1) is 15.6. The van der Waals surface area contributed by atoms with E-state index in [0.717, 1.165) is 36.8 Å². The minimum atomic E-state index is -0.276. The monoisotopic (exact) mass is 359 g/mol. The molecule has 122 valence electrons. The van der Waals surface area contributed by atoms with Gasteiger partial charge in [0.25, 0.3) is 5.91 Å². The molecule has 2 aromatic carbocycles. The standard InChI is InChI=1S/C19H15Cl2NO2/c20-14-8-4-9-15(21)17(14)22-19(23)13-7-3-6-12-11-5-1-2-10-16(11)24-18(12)13/h3-4,6-9H,1-2,5,10H2,(H,22,23). The summed E-state index contributed by atoms with van der Waals surface area (Å²) in [5.74, 6) is 0.731.